The number of fused-ring (bicyclic) bond motifs is 1. The minimum absolute atomic E-state index is 0.0744. The molecule has 2 saturated heterocycles. The molecule has 0 aromatic carbocycles. The molecule has 2 aliphatic heterocycles. The fraction of sp³-hybridized carbons (Fsp3) is 0.636. The number of carbonyl (C=O) groups excluding carboxylic acids is 1. The quantitative estimate of drug-likeness (QED) is 0.564. The van der Waals surface area contributed by atoms with Gasteiger partial charge in [-0.2, -0.15) is 0 Å². The number of nitrogens with zero attached hydrogens (tertiary/aromatic N) is 3. The standard InChI is InChI=1S/C11H14N4O3S4/c1-19-9-13-14-10(22-9)21-4-11(8(17)18)2-15-6(16)5(12)7(15)20-3-11/h5,7H,2-4,12H2,1H3,(H,17,18)/t5?,7-,11?/m1/s1. The van der Waals surface area contributed by atoms with Gasteiger partial charge in [0.2, 0.25) is 5.91 Å². The van der Waals surface area contributed by atoms with Gasteiger partial charge < -0.3 is 15.7 Å². The molecule has 1 amide bonds. The van der Waals surface area contributed by atoms with E-state index < -0.39 is 17.4 Å². The van der Waals surface area contributed by atoms with Crippen LogP contribution in [0, 0.1) is 5.41 Å². The summed E-state index contributed by atoms with van der Waals surface area (Å²) in [5.74, 6) is -0.224. The lowest BCUT2D eigenvalue weighted by atomic mass is 9.89. The largest absolute Gasteiger partial charge is 0.481 e. The van der Waals surface area contributed by atoms with E-state index in [0.717, 1.165) is 8.68 Å². The Labute approximate surface area is 143 Å². The molecule has 0 aliphatic carbocycles. The fourth-order valence-electron chi connectivity index (χ4n) is 2.35. The molecule has 120 valence electrons. The predicted molar refractivity (Wildman–Crippen MR) is 88.4 cm³/mol. The average Bonchev–Trinajstić information content (AvgIpc) is 2.99. The first-order valence-electron chi connectivity index (χ1n) is 6.38. The molecule has 3 rings (SSSR count). The zero-order valence-electron chi connectivity index (χ0n) is 11.6. The average molecular weight is 379 g/mol. The Bertz CT molecular complexity index is 612. The van der Waals surface area contributed by atoms with E-state index in [0.29, 0.717) is 11.5 Å². The number of β-lactam (4-membered cyclic amide) rings is 1. The highest BCUT2D eigenvalue weighted by Crippen LogP contribution is 2.44. The highest BCUT2D eigenvalue weighted by molar-refractivity contribution is 8.03. The summed E-state index contributed by atoms with van der Waals surface area (Å²) in [6, 6.07) is -0.489. The number of hydrogen-bond acceptors (Lipinski definition) is 9. The molecule has 22 heavy (non-hydrogen) atoms. The van der Waals surface area contributed by atoms with Crippen LogP contribution in [0.3, 0.4) is 0 Å². The van der Waals surface area contributed by atoms with Crippen molar-refractivity contribution in [2.45, 2.75) is 20.1 Å². The third kappa shape index (κ3) is 2.73. The Balaban J connectivity index is 1.70. The number of carboxylic acids is 1. The van der Waals surface area contributed by atoms with Crippen molar-refractivity contribution in [1.82, 2.24) is 15.1 Å². The SMILES string of the molecule is CSc1nnc(SCC2(C(=O)O)CS[C@@H]3C(N)C(=O)N3C2)s1. The van der Waals surface area contributed by atoms with E-state index in [-0.39, 0.29) is 17.8 Å². The van der Waals surface area contributed by atoms with E-state index in [1.54, 1.807) is 4.90 Å². The normalized spacial score (nSPS) is 30.8. The van der Waals surface area contributed by atoms with Crippen molar-refractivity contribution in [3.05, 3.63) is 0 Å². The molecule has 0 bridgehead atoms. The van der Waals surface area contributed by atoms with Crippen LogP contribution in [-0.4, -0.2) is 67.8 Å². The van der Waals surface area contributed by atoms with E-state index in [4.69, 9.17) is 5.73 Å². The van der Waals surface area contributed by atoms with Crippen molar-refractivity contribution < 1.29 is 14.7 Å². The van der Waals surface area contributed by atoms with Crippen LogP contribution < -0.4 is 5.73 Å². The fourth-order valence-corrected chi connectivity index (χ4v) is 6.59. The van der Waals surface area contributed by atoms with Gasteiger partial charge in [0.25, 0.3) is 0 Å². The Morgan fingerprint density at radius 1 is 1.55 bits per heavy atom. The molecule has 11 heteroatoms. The molecule has 3 N–H and O–H groups in total. The molecule has 7 nitrogen and oxygen atoms in total. The smallest absolute Gasteiger partial charge is 0.313 e. The zero-order valence-corrected chi connectivity index (χ0v) is 14.9. The number of carboxylic acid groups (broad SMARTS) is 1. The highest BCUT2D eigenvalue weighted by Gasteiger charge is 2.55. The van der Waals surface area contributed by atoms with Crippen LogP contribution >= 0.6 is 46.6 Å². The minimum atomic E-state index is -0.965. The van der Waals surface area contributed by atoms with Gasteiger partial charge in [-0.15, -0.1) is 22.0 Å². The van der Waals surface area contributed by atoms with E-state index in [2.05, 4.69) is 10.2 Å². The first-order chi connectivity index (χ1) is 10.5. The van der Waals surface area contributed by atoms with Gasteiger partial charge in [0.1, 0.15) is 16.8 Å². The van der Waals surface area contributed by atoms with E-state index in [1.165, 1.54) is 46.6 Å². The summed E-state index contributed by atoms with van der Waals surface area (Å²) < 4.78 is 1.61. The van der Waals surface area contributed by atoms with Crippen molar-refractivity contribution in [2.24, 2.45) is 11.1 Å². The number of thioether (sulfide) groups is 3. The van der Waals surface area contributed by atoms with Gasteiger partial charge in [-0.1, -0.05) is 34.9 Å². The number of carbonyl (C=O) groups is 2. The van der Waals surface area contributed by atoms with Crippen LogP contribution in [0.4, 0.5) is 0 Å². The van der Waals surface area contributed by atoms with Gasteiger partial charge in [-0.3, -0.25) is 9.59 Å². The molecule has 3 heterocycles. The Morgan fingerprint density at radius 2 is 2.27 bits per heavy atom. The van der Waals surface area contributed by atoms with Crippen molar-refractivity contribution in [3.63, 3.8) is 0 Å². The lowest BCUT2D eigenvalue weighted by Gasteiger charge is -2.52. The van der Waals surface area contributed by atoms with Crippen LogP contribution in [0.2, 0.25) is 0 Å². The Kier molecular flexibility index (Phi) is 4.61. The summed E-state index contributed by atoms with van der Waals surface area (Å²) in [6.45, 7) is 0.216. The first kappa shape index (κ1) is 16.4. The number of aromatic nitrogens is 2. The maximum atomic E-state index is 11.8. The number of hydrogen-bond donors (Lipinski definition) is 2. The van der Waals surface area contributed by atoms with Gasteiger partial charge in [-0.05, 0) is 6.26 Å². The molecule has 2 unspecified atom stereocenters. The maximum absolute atomic E-state index is 11.8. The van der Waals surface area contributed by atoms with Gasteiger partial charge >= 0.3 is 5.97 Å². The van der Waals surface area contributed by atoms with Crippen molar-refractivity contribution in [2.75, 3.05) is 24.3 Å². The number of rotatable bonds is 5. The summed E-state index contributed by atoms with van der Waals surface area (Å²) in [5, 5.41) is 17.6. The lowest BCUT2D eigenvalue weighted by molar-refractivity contribution is -0.155. The molecule has 0 radical (unpaired) electrons. The third-order valence-electron chi connectivity index (χ3n) is 3.67. The second-order valence-electron chi connectivity index (χ2n) is 5.11. The van der Waals surface area contributed by atoms with Crippen molar-refractivity contribution >= 4 is 58.5 Å². The monoisotopic (exact) mass is 378 g/mol. The van der Waals surface area contributed by atoms with E-state index >= 15 is 0 Å². The molecular formula is C11H14N4O3S4. The second kappa shape index (κ2) is 6.19. The molecule has 2 fully saturated rings. The van der Waals surface area contributed by atoms with Gasteiger partial charge in [0.05, 0.1) is 0 Å². The Morgan fingerprint density at radius 3 is 2.91 bits per heavy atom. The molecular weight excluding hydrogens is 364 g/mol. The summed E-state index contributed by atoms with van der Waals surface area (Å²) in [6.07, 6.45) is 1.92. The minimum Gasteiger partial charge on any atom is -0.481 e. The van der Waals surface area contributed by atoms with Crippen molar-refractivity contribution in [3.8, 4) is 0 Å². The van der Waals surface area contributed by atoms with Crippen LogP contribution in [-0.2, 0) is 9.59 Å². The van der Waals surface area contributed by atoms with E-state index in [1.807, 2.05) is 6.26 Å². The molecule has 0 saturated carbocycles. The second-order valence-corrected chi connectivity index (χ2v) is 9.46. The van der Waals surface area contributed by atoms with Crippen LogP contribution in [0.1, 0.15) is 0 Å². The van der Waals surface area contributed by atoms with Crippen molar-refractivity contribution in [1.29, 1.82) is 0 Å². The molecule has 1 aromatic rings. The maximum Gasteiger partial charge on any atom is 0.313 e. The van der Waals surface area contributed by atoms with Crippen LogP contribution in [0.25, 0.3) is 0 Å². The zero-order chi connectivity index (χ0) is 15.9. The number of nitrogens with two attached hydrogens (primary N) is 1. The molecule has 0 spiro atoms. The molecule has 3 atom stereocenters. The predicted octanol–water partition coefficient (Wildman–Crippen LogP) is 0.666. The van der Waals surface area contributed by atoms with Gasteiger partial charge in [-0.25, -0.2) is 0 Å². The molecule has 1 aromatic heterocycles. The summed E-state index contributed by atoms with van der Waals surface area (Å²) in [5.41, 5.74) is 4.78. The van der Waals surface area contributed by atoms with E-state index in [9.17, 15) is 14.7 Å². The number of aliphatic carboxylic acids is 1. The lowest BCUT2D eigenvalue weighted by Crippen LogP contribution is -2.72. The Hall–Kier alpha value is -0.490. The number of amides is 1. The van der Waals surface area contributed by atoms with Gasteiger partial charge in [0.15, 0.2) is 8.68 Å². The van der Waals surface area contributed by atoms with Crippen LogP contribution in [0.15, 0.2) is 8.68 Å². The summed E-state index contributed by atoms with van der Waals surface area (Å²) in [4.78, 5) is 25.2. The topological polar surface area (TPSA) is 109 Å². The van der Waals surface area contributed by atoms with Crippen LogP contribution in [0.5, 0.6) is 0 Å². The summed E-state index contributed by atoms with van der Waals surface area (Å²) >= 11 is 5.80. The summed E-state index contributed by atoms with van der Waals surface area (Å²) in [7, 11) is 0. The third-order valence-corrected chi connectivity index (χ3v) is 8.61. The van der Waals surface area contributed by atoms with Gasteiger partial charge in [0, 0.05) is 18.1 Å². The molecule has 2 aliphatic rings. The first-order valence-corrected chi connectivity index (χ1v) is 10.5. The highest BCUT2D eigenvalue weighted by atomic mass is 32.2.